The van der Waals surface area contributed by atoms with Crippen LogP contribution in [0.3, 0.4) is 0 Å². The van der Waals surface area contributed by atoms with Crippen LogP contribution in [0, 0.1) is 6.92 Å². The molecule has 0 aliphatic carbocycles. The SMILES string of the molecule is Cc1nn(C)c(Cl)c1C(O)Cc1cc(Br)cc2c1OCC2. The van der Waals surface area contributed by atoms with E-state index in [1.54, 1.807) is 11.7 Å². The third-order valence-electron chi connectivity index (χ3n) is 3.77. The summed E-state index contributed by atoms with van der Waals surface area (Å²) in [6.07, 6.45) is 0.660. The molecule has 2 heterocycles. The molecular formula is C15H16BrClN2O2. The molecule has 21 heavy (non-hydrogen) atoms. The van der Waals surface area contributed by atoms with E-state index < -0.39 is 6.10 Å². The molecule has 1 aliphatic heterocycles. The highest BCUT2D eigenvalue weighted by Crippen LogP contribution is 2.36. The molecule has 0 saturated carbocycles. The van der Waals surface area contributed by atoms with Crippen LogP contribution in [-0.2, 0) is 19.9 Å². The van der Waals surface area contributed by atoms with Crippen molar-refractivity contribution in [1.82, 2.24) is 9.78 Å². The van der Waals surface area contributed by atoms with Gasteiger partial charge in [0.2, 0.25) is 0 Å². The van der Waals surface area contributed by atoms with Crippen molar-refractivity contribution in [1.29, 1.82) is 0 Å². The lowest BCUT2D eigenvalue weighted by atomic mass is 9.99. The minimum Gasteiger partial charge on any atom is -0.493 e. The van der Waals surface area contributed by atoms with Crippen LogP contribution in [0.2, 0.25) is 5.15 Å². The molecule has 1 unspecified atom stereocenters. The standard InChI is InChI=1S/C15H16BrClN2O2/c1-8-13(15(17)19(2)18-8)12(20)7-10-6-11(16)5-9-3-4-21-14(9)10/h5-6,12,20H,3-4,7H2,1-2H3. The van der Waals surface area contributed by atoms with Crippen molar-refractivity contribution in [2.45, 2.75) is 25.9 Å². The van der Waals surface area contributed by atoms with Crippen molar-refractivity contribution in [3.63, 3.8) is 0 Å². The van der Waals surface area contributed by atoms with E-state index >= 15 is 0 Å². The second kappa shape index (κ2) is 5.63. The monoisotopic (exact) mass is 370 g/mol. The fourth-order valence-corrected chi connectivity index (χ4v) is 3.69. The van der Waals surface area contributed by atoms with Gasteiger partial charge in [0.25, 0.3) is 0 Å². The molecule has 1 atom stereocenters. The van der Waals surface area contributed by atoms with E-state index in [0.29, 0.717) is 23.7 Å². The van der Waals surface area contributed by atoms with Gasteiger partial charge in [0, 0.05) is 29.9 Å². The van der Waals surface area contributed by atoms with E-state index in [0.717, 1.165) is 27.9 Å². The number of rotatable bonds is 3. The number of aryl methyl sites for hydroxylation is 2. The Kier molecular flexibility index (Phi) is 3.99. The Bertz CT molecular complexity index is 699. The van der Waals surface area contributed by atoms with E-state index in [1.807, 2.05) is 13.0 Å². The van der Waals surface area contributed by atoms with Crippen LogP contribution in [-0.4, -0.2) is 21.5 Å². The number of hydrogen-bond acceptors (Lipinski definition) is 3. The van der Waals surface area contributed by atoms with Crippen LogP contribution < -0.4 is 4.74 Å². The zero-order valence-electron chi connectivity index (χ0n) is 11.9. The van der Waals surface area contributed by atoms with Crippen molar-refractivity contribution < 1.29 is 9.84 Å². The molecule has 1 aromatic heterocycles. The number of aromatic nitrogens is 2. The molecule has 4 nitrogen and oxygen atoms in total. The zero-order chi connectivity index (χ0) is 15.1. The molecule has 0 amide bonds. The molecule has 0 fully saturated rings. The van der Waals surface area contributed by atoms with Crippen LogP contribution in [0.1, 0.15) is 28.5 Å². The second-order valence-electron chi connectivity index (χ2n) is 5.29. The van der Waals surface area contributed by atoms with Gasteiger partial charge in [-0.1, -0.05) is 27.5 Å². The largest absolute Gasteiger partial charge is 0.493 e. The summed E-state index contributed by atoms with van der Waals surface area (Å²) in [5.74, 6) is 0.898. The average Bonchev–Trinajstić information content (AvgIpc) is 2.95. The van der Waals surface area contributed by atoms with Gasteiger partial charge in [0.15, 0.2) is 0 Å². The first-order chi connectivity index (χ1) is 9.97. The molecule has 6 heteroatoms. The Labute approximate surface area is 136 Å². The second-order valence-corrected chi connectivity index (χ2v) is 6.56. The van der Waals surface area contributed by atoms with E-state index in [1.165, 1.54) is 5.56 Å². The summed E-state index contributed by atoms with van der Waals surface area (Å²) in [6, 6.07) is 4.06. The maximum Gasteiger partial charge on any atom is 0.132 e. The lowest BCUT2D eigenvalue weighted by Crippen LogP contribution is -2.05. The fraction of sp³-hybridized carbons (Fsp3) is 0.400. The van der Waals surface area contributed by atoms with Gasteiger partial charge in [-0.15, -0.1) is 0 Å². The number of fused-ring (bicyclic) bond motifs is 1. The van der Waals surface area contributed by atoms with Crippen molar-refractivity contribution in [3.05, 3.63) is 44.1 Å². The number of nitrogens with zero attached hydrogens (tertiary/aromatic N) is 2. The Balaban J connectivity index is 1.94. The highest BCUT2D eigenvalue weighted by molar-refractivity contribution is 9.10. The molecule has 2 aromatic rings. The predicted octanol–water partition coefficient (Wildman–Crippen LogP) is 3.36. The molecular weight excluding hydrogens is 356 g/mol. The summed E-state index contributed by atoms with van der Waals surface area (Å²) in [5.41, 5.74) is 3.61. The summed E-state index contributed by atoms with van der Waals surface area (Å²) in [4.78, 5) is 0. The number of halogens is 2. The molecule has 1 N–H and O–H groups in total. The summed E-state index contributed by atoms with van der Waals surface area (Å²) >= 11 is 9.74. The first kappa shape index (κ1) is 14.9. The molecule has 0 spiro atoms. The van der Waals surface area contributed by atoms with Gasteiger partial charge in [-0.25, -0.2) is 0 Å². The molecule has 3 rings (SSSR count). The minimum atomic E-state index is -0.700. The maximum atomic E-state index is 10.6. The molecule has 1 aliphatic rings. The van der Waals surface area contributed by atoms with Gasteiger partial charge >= 0.3 is 0 Å². The molecule has 0 saturated heterocycles. The third-order valence-corrected chi connectivity index (χ3v) is 4.67. The lowest BCUT2D eigenvalue weighted by molar-refractivity contribution is 0.176. The first-order valence-corrected chi connectivity index (χ1v) is 7.95. The van der Waals surface area contributed by atoms with Crippen molar-refractivity contribution in [2.75, 3.05) is 6.61 Å². The van der Waals surface area contributed by atoms with Gasteiger partial charge in [0.1, 0.15) is 10.9 Å². The number of hydrogen-bond donors (Lipinski definition) is 1. The van der Waals surface area contributed by atoms with Gasteiger partial charge in [-0.3, -0.25) is 4.68 Å². The van der Waals surface area contributed by atoms with E-state index in [9.17, 15) is 5.11 Å². The fourth-order valence-electron chi connectivity index (χ4n) is 2.83. The average molecular weight is 372 g/mol. The van der Waals surface area contributed by atoms with Gasteiger partial charge < -0.3 is 9.84 Å². The molecule has 112 valence electrons. The zero-order valence-corrected chi connectivity index (χ0v) is 14.2. The Morgan fingerprint density at radius 1 is 1.52 bits per heavy atom. The Morgan fingerprint density at radius 3 is 2.95 bits per heavy atom. The number of aliphatic hydroxyl groups excluding tert-OH is 1. The normalized spacial score (nSPS) is 14.9. The van der Waals surface area contributed by atoms with Gasteiger partial charge in [0.05, 0.1) is 18.4 Å². The van der Waals surface area contributed by atoms with Crippen LogP contribution in [0.15, 0.2) is 16.6 Å². The predicted molar refractivity (Wildman–Crippen MR) is 85.0 cm³/mol. The van der Waals surface area contributed by atoms with Crippen LogP contribution >= 0.6 is 27.5 Å². The highest BCUT2D eigenvalue weighted by Gasteiger charge is 2.24. The molecule has 1 aromatic carbocycles. The van der Waals surface area contributed by atoms with Crippen molar-refractivity contribution in [2.24, 2.45) is 7.05 Å². The summed E-state index contributed by atoms with van der Waals surface area (Å²) in [6.45, 7) is 2.55. The van der Waals surface area contributed by atoms with Gasteiger partial charge in [-0.05, 0) is 30.2 Å². The lowest BCUT2D eigenvalue weighted by Gasteiger charge is -2.14. The van der Waals surface area contributed by atoms with E-state index in [4.69, 9.17) is 16.3 Å². The van der Waals surface area contributed by atoms with E-state index in [-0.39, 0.29) is 0 Å². The highest BCUT2D eigenvalue weighted by atomic mass is 79.9. The first-order valence-electron chi connectivity index (χ1n) is 6.78. The van der Waals surface area contributed by atoms with Gasteiger partial charge in [-0.2, -0.15) is 5.10 Å². The maximum absolute atomic E-state index is 10.6. The topological polar surface area (TPSA) is 47.3 Å². The van der Waals surface area contributed by atoms with E-state index in [2.05, 4.69) is 27.1 Å². The smallest absolute Gasteiger partial charge is 0.132 e. The minimum absolute atomic E-state index is 0.452. The molecule has 0 radical (unpaired) electrons. The number of ether oxygens (including phenoxy) is 1. The van der Waals surface area contributed by atoms with Crippen LogP contribution in [0.25, 0.3) is 0 Å². The van der Waals surface area contributed by atoms with Crippen molar-refractivity contribution >= 4 is 27.5 Å². The van der Waals surface area contributed by atoms with Crippen LogP contribution in [0.5, 0.6) is 5.75 Å². The van der Waals surface area contributed by atoms with Crippen molar-refractivity contribution in [3.8, 4) is 5.75 Å². The number of aliphatic hydroxyl groups is 1. The summed E-state index contributed by atoms with van der Waals surface area (Å²) < 4.78 is 8.28. The summed E-state index contributed by atoms with van der Waals surface area (Å²) in [7, 11) is 1.77. The Morgan fingerprint density at radius 2 is 2.29 bits per heavy atom. The third kappa shape index (κ3) is 2.70. The summed E-state index contributed by atoms with van der Waals surface area (Å²) in [5, 5.41) is 15.3. The van der Waals surface area contributed by atoms with Crippen LogP contribution in [0.4, 0.5) is 0 Å². The molecule has 0 bridgehead atoms. The quantitative estimate of drug-likeness (QED) is 0.900. The Hall–Kier alpha value is -1.04. The number of benzene rings is 1.